The van der Waals surface area contributed by atoms with Gasteiger partial charge in [0.15, 0.2) is 0 Å². The van der Waals surface area contributed by atoms with Crippen molar-refractivity contribution in [1.82, 2.24) is 0 Å². The van der Waals surface area contributed by atoms with E-state index < -0.39 is 0 Å². The highest BCUT2D eigenvalue weighted by atomic mass is 16.5. The molecule has 0 aromatic heterocycles. The highest BCUT2D eigenvalue weighted by molar-refractivity contribution is 5.84. The summed E-state index contributed by atoms with van der Waals surface area (Å²) >= 11 is 0. The van der Waals surface area contributed by atoms with Crippen molar-refractivity contribution >= 4 is 6.21 Å². The molecule has 5 heteroatoms. The summed E-state index contributed by atoms with van der Waals surface area (Å²) in [5.41, 5.74) is 1.85. The summed E-state index contributed by atoms with van der Waals surface area (Å²) in [6, 6.07) is 13.4. The zero-order chi connectivity index (χ0) is 17.5. The Labute approximate surface area is 143 Å². The van der Waals surface area contributed by atoms with Crippen LogP contribution < -0.4 is 14.4 Å². The van der Waals surface area contributed by atoms with Crippen LogP contribution in [0.1, 0.15) is 17.2 Å². The van der Waals surface area contributed by atoms with E-state index in [0.29, 0.717) is 17.9 Å². The number of quaternary nitrogens is 1. The average Bonchev–Trinajstić information content (AvgIpc) is 2.60. The Morgan fingerprint density at radius 2 is 1.67 bits per heavy atom. The Bertz CT molecular complexity index is 682. The highest BCUT2D eigenvalue weighted by Gasteiger charge is 2.17. The zero-order valence-electron chi connectivity index (χ0n) is 14.6. The molecule has 0 amide bonds. The molecule has 5 nitrogen and oxygen atoms in total. The number of ether oxygens (including phenoxy) is 2. The molecule has 0 aliphatic carbocycles. The Balaban J connectivity index is 2.13. The van der Waals surface area contributed by atoms with Gasteiger partial charge in [-0.3, -0.25) is 4.99 Å². The van der Waals surface area contributed by atoms with E-state index in [1.807, 2.05) is 12.1 Å². The third-order valence-electron chi connectivity index (χ3n) is 3.97. The zero-order valence-corrected chi connectivity index (χ0v) is 14.6. The second kappa shape index (κ2) is 8.36. The van der Waals surface area contributed by atoms with Crippen molar-refractivity contribution in [3.05, 3.63) is 53.6 Å². The summed E-state index contributed by atoms with van der Waals surface area (Å²) in [4.78, 5) is 5.81. The molecule has 2 rings (SSSR count). The number of hydrogen-bond acceptors (Lipinski definition) is 4. The number of rotatable bonds is 7. The van der Waals surface area contributed by atoms with Crippen LogP contribution in [0.3, 0.4) is 0 Å². The second-order valence-electron chi connectivity index (χ2n) is 5.82. The van der Waals surface area contributed by atoms with Crippen LogP contribution in [-0.4, -0.2) is 46.2 Å². The summed E-state index contributed by atoms with van der Waals surface area (Å²) in [5.74, 6) is 1.73. The lowest BCUT2D eigenvalue weighted by Crippen LogP contribution is -3.06. The van der Waals surface area contributed by atoms with E-state index in [4.69, 9.17) is 9.47 Å². The van der Waals surface area contributed by atoms with Gasteiger partial charge in [-0.1, -0.05) is 0 Å². The lowest BCUT2D eigenvalue weighted by Gasteiger charge is -2.20. The number of phenols is 1. The van der Waals surface area contributed by atoms with Crippen molar-refractivity contribution < 1.29 is 19.5 Å². The van der Waals surface area contributed by atoms with Crippen LogP contribution in [0.25, 0.3) is 0 Å². The number of nitrogens with zero attached hydrogens (tertiary/aromatic N) is 1. The molecular weight excluding hydrogens is 304 g/mol. The minimum absolute atomic E-state index is 0.192. The molecule has 0 spiro atoms. The summed E-state index contributed by atoms with van der Waals surface area (Å²) in [6.07, 6.45) is 1.69. The number of nitrogens with one attached hydrogen (secondary N) is 1. The van der Waals surface area contributed by atoms with Gasteiger partial charge in [-0.25, -0.2) is 0 Å². The molecule has 0 aliphatic heterocycles. The van der Waals surface area contributed by atoms with Gasteiger partial charge in [0, 0.05) is 17.3 Å². The second-order valence-corrected chi connectivity index (χ2v) is 5.82. The SMILES string of the molecule is COc1ccc([C@@H](CN=Cc2cc(OC)ccc2O)[NH+](C)C)cc1. The molecule has 1 atom stereocenters. The van der Waals surface area contributed by atoms with Gasteiger partial charge in [0.25, 0.3) is 0 Å². The summed E-state index contributed by atoms with van der Waals surface area (Å²) < 4.78 is 10.4. The van der Waals surface area contributed by atoms with Crippen LogP contribution in [-0.2, 0) is 0 Å². The lowest BCUT2D eigenvalue weighted by molar-refractivity contribution is -0.890. The smallest absolute Gasteiger partial charge is 0.132 e. The third-order valence-corrected chi connectivity index (χ3v) is 3.97. The Morgan fingerprint density at radius 1 is 1.04 bits per heavy atom. The molecule has 0 unspecified atom stereocenters. The summed E-state index contributed by atoms with van der Waals surface area (Å²) in [7, 11) is 7.47. The molecule has 2 aromatic rings. The van der Waals surface area contributed by atoms with E-state index >= 15 is 0 Å². The molecule has 2 N–H and O–H groups in total. The molecule has 2 aromatic carbocycles. The third kappa shape index (κ3) is 4.49. The van der Waals surface area contributed by atoms with E-state index in [1.165, 1.54) is 10.5 Å². The predicted molar refractivity (Wildman–Crippen MR) is 95.7 cm³/mol. The number of hydrogen-bond donors (Lipinski definition) is 2. The van der Waals surface area contributed by atoms with Crippen molar-refractivity contribution in [3.63, 3.8) is 0 Å². The van der Waals surface area contributed by atoms with Crippen molar-refractivity contribution in [2.75, 3.05) is 34.9 Å². The van der Waals surface area contributed by atoms with Crippen molar-refractivity contribution in [2.45, 2.75) is 6.04 Å². The number of likely N-dealkylation sites (N-methyl/N-ethyl adjacent to an activating group) is 1. The van der Waals surface area contributed by atoms with Crippen LogP contribution in [0.4, 0.5) is 0 Å². The van der Waals surface area contributed by atoms with E-state index in [-0.39, 0.29) is 11.8 Å². The number of phenolic OH excluding ortho intramolecular Hbond substituents is 1. The summed E-state index contributed by atoms with van der Waals surface area (Å²) in [5, 5.41) is 9.91. The first-order valence-corrected chi connectivity index (χ1v) is 7.86. The number of methoxy groups -OCH3 is 2. The van der Waals surface area contributed by atoms with Crippen LogP contribution in [0.15, 0.2) is 47.5 Å². The standard InChI is InChI=1S/C19H24N2O3/c1-21(2)18(14-5-7-16(23-3)8-6-14)13-20-12-15-11-17(24-4)9-10-19(15)22/h5-12,18,22H,13H2,1-4H3/p+1/t18-/m1/s1. The van der Waals surface area contributed by atoms with Crippen molar-refractivity contribution in [2.24, 2.45) is 4.99 Å². The fourth-order valence-corrected chi connectivity index (χ4v) is 2.48. The van der Waals surface area contributed by atoms with Gasteiger partial charge >= 0.3 is 0 Å². The lowest BCUT2D eigenvalue weighted by atomic mass is 10.1. The summed E-state index contributed by atoms with van der Waals surface area (Å²) in [6.45, 7) is 0.616. The maximum atomic E-state index is 9.91. The van der Waals surface area contributed by atoms with Crippen LogP contribution in [0.5, 0.6) is 17.2 Å². The quantitative estimate of drug-likeness (QED) is 0.761. The maximum absolute atomic E-state index is 9.91. The molecule has 0 aliphatic rings. The first kappa shape index (κ1) is 17.8. The predicted octanol–water partition coefficient (Wildman–Crippen LogP) is 1.71. The topological polar surface area (TPSA) is 55.5 Å². The van der Waals surface area contributed by atoms with Gasteiger partial charge in [0.05, 0.1) is 34.9 Å². The Kier molecular flexibility index (Phi) is 6.21. The Hall–Kier alpha value is -2.53. The fourth-order valence-electron chi connectivity index (χ4n) is 2.48. The molecule has 0 bridgehead atoms. The normalized spacial score (nSPS) is 12.5. The fraction of sp³-hybridized carbons (Fsp3) is 0.316. The molecule has 0 fully saturated rings. The number of aromatic hydroxyl groups is 1. The van der Waals surface area contributed by atoms with E-state index in [9.17, 15) is 5.11 Å². The van der Waals surface area contributed by atoms with E-state index in [1.54, 1.807) is 38.6 Å². The Morgan fingerprint density at radius 3 is 2.25 bits per heavy atom. The molecular formula is C19H25N2O3+. The highest BCUT2D eigenvalue weighted by Crippen LogP contribution is 2.21. The van der Waals surface area contributed by atoms with Gasteiger partial charge < -0.3 is 19.5 Å². The van der Waals surface area contributed by atoms with E-state index in [0.717, 1.165) is 5.75 Å². The van der Waals surface area contributed by atoms with Gasteiger partial charge in [-0.05, 0) is 42.5 Å². The largest absolute Gasteiger partial charge is 0.507 e. The maximum Gasteiger partial charge on any atom is 0.132 e. The molecule has 128 valence electrons. The number of benzene rings is 2. The van der Waals surface area contributed by atoms with Crippen LogP contribution >= 0.6 is 0 Å². The molecule has 0 radical (unpaired) electrons. The van der Waals surface area contributed by atoms with Crippen LogP contribution in [0, 0.1) is 0 Å². The minimum atomic E-state index is 0.192. The van der Waals surface area contributed by atoms with Gasteiger partial charge in [0.2, 0.25) is 0 Å². The van der Waals surface area contributed by atoms with Gasteiger partial charge in [-0.2, -0.15) is 0 Å². The van der Waals surface area contributed by atoms with Gasteiger partial charge in [-0.15, -0.1) is 0 Å². The molecule has 24 heavy (non-hydrogen) atoms. The molecule has 0 saturated carbocycles. The molecule has 0 saturated heterocycles. The first-order chi connectivity index (χ1) is 11.5. The van der Waals surface area contributed by atoms with Crippen molar-refractivity contribution in [3.8, 4) is 17.2 Å². The average molecular weight is 329 g/mol. The van der Waals surface area contributed by atoms with E-state index in [2.05, 4.69) is 31.2 Å². The first-order valence-electron chi connectivity index (χ1n) is 7.86. The monoisotopic (exact) mass is 329 g/mol. The minimum Gasteiger partial charge on any atom is -0.507 e. The molecule has 0 heterocycles. The van der Waals surface area contributed by atoms with Gasteiger partial charge in [0.1, 0.15) is 23.3 Å². The van der Waals surface area contributed by atoms with Crippen molar-refractivity contribution in [1.29, 1.82) is 0 Å². The van der Waals surface area contributed by atoms with Crippen LogP contribution in [0.2, 0.25) is 0 Å². The number of aliphatic imine (C=N–C) groups is 1.